The Morgan fingerprint density at radius 2 is 0.812 bits per heavy atom. The second-order valence-corrected chi connectivity index (χ2v) is 9.09. The zero-order valence-corrected chi connectivity index (χ0v) is 15.8. The minimum atomic E-state index is 0.510. The first-order valence-corrected chi connectivity index (χ1v) is 9.85. The summed E-state index contributed by atoms with van der Waals surface area (Å²) in [6, 6.07) is 0. The van der Waals surface area contributed by atoms with Crippen LogP contribution in [0, 0.1) is 0 Å². The van der Waals surface area contributed by atoms with Gasteiger partial charge in [0, 0.05) is 19.3 Å². The van der Waals surface area contributed by atoms with Crippen LogP contribution < -0.4 is 0 Å². The summed E-state index contributed by atoms with van der Waals surface area (Å²) in [5.41, 5.74) is 0. The second kappa shape index (κ2) is 8.92. The number of halogens is 4. The van der Waals surface area contributed by atoms with Crippen molar-refractivity contribution in [3.63, 3.8) is 0 Å². The molecule has 0 nitrogen and oxygen atoms in total. The van der Waals surface area contributed by atoms with Crippen molar-refractivity contribution in [3.05, 3.63) is 0 Å². The first-order chi connectivity index (χ1) is 7.63. The Bertz CT molecular complexity index is 166. The molecule has 4 heteroatoms. The van der Waals surface area contributed by atoms with Gasteiger partial charge in [0.1, 0.15) is 0 Å². The summed E-state index contributed by atoms with van der Waals surface area (Å²) in [6.45, 7) is 0. The topological polar surface area (TPSA) is 0 Å². The number of hydrogen-bond acceptors (Lipinski definition) is 0. The lowest BCUT2D eigenvalue weighted by Crippen LogP contribution is -2.31. The molecular formula is C12H20Br4. The summed E-state index contributed by atoms with van der Waals surface area (Å²) in [5, 5.41) is 0. The van der Waals surface area contributed by atoms with Crippen molar-refractivity contribution in [3.8, 4) is 0 Å². The fourth-order valence-corrected chi connectivity index (χ4v) is 5.49. The molecule has 0 radical (unpaired) electrons. The van der Waals surface area contributed by atoms with Crippen molar-refractivity contribution < 1.29 is 0 Å². The summed E-state index contributed by atoms with van der Waals surface area (Å²) < 4.78 is 0. The third-order valence-corrected chi connectivity index (χ3v) is 9.80. The summed E-state index contributed by atoms with van der Waals surface area (Å²) in [7, 11) is 0. The Kier molecular flexibility index (Phi) is 8.91. The van der Waals surface area contributed by atoms with Gasteiger partial charge in [-0.25, -0.2) is 0 Å². The molecule has 0 bridgehead atoms. The predicted octanol–water partition coefficient (Wildman–Crippen LogP) is 6.17. The highest BCUT2D eigenvalue weighted by Gasteiger charge is 2.28. The second-order valence-electron chi connectivity index (χ2n) is 4.62. The van der Waals surface area contributed by atoms with Gasteiger partial charge in [-0.05, 0) is 12.8 Å². The molecule has 1 aliphatic carbocycles. The summed E-state index contributed by atoms with van der Waals surface area (Å²) in [6.07, 6.45) is 10.9. The first kappa shape index (κ1) is 16.0. The van der Waals surface area contributed by atoms with Gasteiger partial charge in [-0.3, -0.25) is 0 Å². The zero-order chi connectivity index (χ0) is 12.0. The van der Waals surface area contributed by atoms with Crippen molar-refractivity contribution in [2.75, 3.05) is 0 Å². The molecule has 0 saturated heterocycles. The number of hydrogen-bond donors (Lipinski definition) is 0. The highest BCUT2D eigenvalue weighted by molar-refractivity contribution is 9.14. The van der Waals surface area contributed by atoms with Crippen molar-refractivity contribution in [1.29, 1.82) is 0 Å². The molecule has 1 saturated carbocycles. The molecule has 0 N–H and O–H groups in total. The number of rotatable bonds is 0. The average molecular weight is 484 g/mol. The molecule has 4 unspecified atom stereocenters. The van der Waals surface area contributed by atoms with Crippen LogP contribution in [0.2, 0.25) is 0 Å². The zero-order valence-electron chi connectivity index (χ0n) is 9.48. The molecule has 16 heavy (non-hydrogen) atoms. The van der Waals surface area contributed by atoms with E-state index in [9.17, 15) is 0 Å². The smallest absolute Gasteiger partial charge is 0.0407 e. The molecule has 0 aromatic rings. The lowest BCUT2D eigenvalue weighted by molar-refractivity contribution is 0.534. The van der Waals surface area contributed by atoms with Crippen LogP contribution in [-0.4, -0.2) is 19.3 Å². The Morgan fingerprint density at radius 1 is 0.500 bits per heavy atom. The quantitative estimate of drug-likeness (QED) is 0.361. The maximum absolute atomic E-state index is 3.83. The van der Waals surface area contributed by atoms with Gasteiger partial charge < -0.3 is 0 Å². The summed E-state index contributed by atoms with van der Waals surface area (Å²) in [5.74, 6) is 0. The van der Waals surface area contributed by atoms with E-state index in [0.29, 0.717) is 19.3 Å². The normalized spacial score (nSPS) is 39.8. The van der Waals surface area contributed by atoms with E-state index in [1.807, 2.05) is 0 Å². The molecule has 4 atom stereocenters. The molecule has 0 aliphatic heterocycles. The van der Waals surface area contributed by atoms with Crippen molar-refractivity contribution >= 4 is 63.7 Å². The minimum absolute atomic E-state index is 0.510. The van der Waals surface area contributed by atoms with Gasteiger partial charge in [-0.2, -0.15) is 0 Å². The molecule has 0 amide bonds. The van der Waals surface area contributed by atoms with Gasteiger partial charge in [0.15, 0.2) is 0 Å². The third kappa shape index (κ3) is 5.71. The van der Waals surface area contributed by atoms with E-state index in [2.05, 4.69) is 63.7 Å². The van der Waals surface area contributed by atoms with Crippen molar-refractivity contribution in [2.24, 2.45) is 0 Å². The molecule has 96 valence electrons. The fraction of sp³-hybridized carbons (Fsp3) is 1.00. The molecular weight excluding hydrogens is 464 g/mol. The largest absolute Gasteiger partial charge is 0.0878 e. The lowest BCUT2D eigenvalue weighted by Gasteiger charge is -2.26. The van der Waals surface area contributed by atoms with E-state index in [0.717, 1.165) is 0 Å². The van der Waals surface area contributed by atoms with Gasteiger partial charge in [0.25, 0.3) is 0 Å². The molecule has 1 rings (SSSR count). The Morgan fingerprint density at radius 3 is 1.19 bits per heavy atom. The Balaban J connectivity index is 2.49. The van der Waals surface area contributed by atoms with Gasteiger partial charge >= 0.3 is 0 Å². The maximum atomic E-state index is 3.83. The summed E-state index contributed by atoms with van der Waals surface area (Å²) in [4.78, 5) is 2.18. The summed E-state index contributed by atoms with van der Waals surface area (Å²) >= 11 is 15.3. The lowest BCUT2D eigenvalue weighted by atomic mass is 10.0. The maximum Gasteiger partial charge on any atom is 0.0407 e. The van der Waals surface area contributed by atoms with Gasteiger partial charge in [0.2, 0.25) is 0 Å². The van der Waals surface area contributed by atoms with E-state index in [4.69, 9.17) is 0 Å². The highest BCUT2D eigenvalue weighted by Crippen LogP contribution is 2.33. The Hall–Kier alpha value is 1.92. The third-order valence-electron chi connectivity index (χ3n) is 3.21. The van der Waals surface area contributed by atoms with Crippen LogP contribution in [0.1, 0.15) is 51.4 Å². The van der Waals surface area contributed by atoms with Gasteiger partial charge in [-0.1, -0.05) is 102 Å². The Labute approximate surface area is 133 Å². The SMILES string of the molecule is BrC1CCCCCCCCC(Br)C(Br)C1Br. The fourth-order valence-electron chi connectivity index (χ4n) is 2.10. The monoisotopic (exact) mass is 480 g/mol. The van der Waals surface area contributed by atoms with Gasteiger partial charge in [0.05, 0.1) is 0 Å². The van der Waals surface area contributed by atoms with Crippen molar-refractivity contribution in [1.82, 2.24) is 0 Å². The van der Waals surface area contributed by atoms with Crippen LogP contribution in [0.25, 0.3) is 0 Å². The molecule has 0 heterocycles. The predicted molar refractivity (Wildman–Crippen MR) is 87.8 cm³/mol. The molecule has 0 aromatic heterocycles. The standard InChI is InChI=1S/C12H20Br4/c13-9-7-5-3-1-2-4-6-8-10(14)12(16)11(9)15/h9-12H,1-8H2. The molecule has 0 aromatic carbocycles. The van der Waals surface area contributed by atoms with Crippen molar-refractivity contribution in [2.45, 2.75) is 70.7 Å². The van der Waals surface area contributed by atoms with E-state index in [1.165, 1.54) is 51.4 Å². The van der Waals surface area contributed by atoms with E-state index in [-0.39, 0.29) is 0 Å². The first-order valence-electron chi connectivity index (χ1n) is 6.19. The van der Waals surface area contributed by atoms with Crippen LogP contribution in [0.15, 0.2) is 0 Å². The van der Waals surface area contributed by atoms with E-state index in [1.54, 1.807) is 0 Å². The van der Waals surface area contributed by atoms with E-state index < -0.39 is 0 Å². The highest BCUT2D eigenvalue weighted by atomic mass is 79.9. The molecule has 0 spiro atoms. The molecule has 1 aliphatic rings. The van der Waals surface area contributed by atoms with Gasteiger partial charge in [-0.15, -0.1) is 0 Å². The van der Waals surface area contributed by atoms with Crippen LogP contribution in [0.3, 0.4) is 0 Å². The van der Waals surface area contributed by atoms with Crippen LogP contribution >= 0.6 is 63.7 Å². The van der Waals surface area contributed by atoms with Crippen LogP contribution in [-0.2, 0) is 0 Å². The van der Waals surface area contributed by atoms with E-state index >= 15 is 0 Å². The van der Waals surface area contributed by atoms with Crippen LogP contribution in [0.4, 0.5) is 0 Å². The van der Waals surface area contributed by atoms with Crippen LogP contribution in [0.5, 0.6) is 0 Å². The minimum Gasteiger partial charge on any atom is -0.0878 e. The molecule has 1 fully saturated rings. The number of alkyl halides is 4. The average Bonchev–Trinajstić information content (AvgIpc) is 2.28.